The van der Waals surface area contributed by atoms with Crippen molar-refractivity contribution < 1.29 is 23.5 Å². The summed E-state index contributed by atoms with van der Waals surface area (Å²) < 4.78 is 23.5. The van der Waals surface area contributed by atoms with E-state index < -0.39 is 7.60 Å². The number of phenolic OH excluding ortho intramolecular Hbond substituents is 1. The second kappa shape index (κ2) is 10.8. The average Bonchev–Trinajstić information content (AvgIpc) is 2.68. The molecule has 0 aromatic heterocycles. The van der Waals surface area contributed by atoms with E-state index >= 15 is 0 Å². The van der Waals surface area contributed by atoms with Crippen molar-refractivity contribution in [2.45, 2.75) is 66.2 Å². The Morgan fingerprint density at radius 2 is 1.55 bits per heavy atom. The van der Waals surface area contributed by atoms with Crippen molar-refractivity contribution in [3.8, 4) is 5.75 Å². The normalized spacial score (nSPS) is 16.7. The molecule has 0 spiro atoms. The third kappa shape index (κ3) is 7.22. The van der Waals surface area contributed by atoms with Gasteiger partial charge in [-0.15, -0.1) is 0 Å². The van der Waals surface area contributed by atoms with E-state index in [0.717, 1.165) is 16.7 Å². The van der Waals surface area contributed by atoms with Crippen LogP contribution in [0.5, 0.6) is 5.75 Å². The number of nitrogens with zero attached hydrogens (tertiary/aromatic N) is 1. The maximum absolute atomic E-state index is 13.2. The Kier molecular flexibility index (Phi) is 9.08. The van der Waals surface area contributed by atoms with Crippen LogP contribution in [-0.4, -0.2) is 41.8 Å². The molecule has 0 bridgehead atoms. The fourth-order valence-corrected chi connectivity index (χ4v) is 5.89. The molecule has 8 heteroatoms. The highest BCUT2D eigenvalue weighted by molar-refractivity contribution is 8.06. The van der Waals surface area contributed by atoms with Gasteiger partial charge in [0, 0.05) is 23.9 Å². The SMILES string of the molecule is CCOP(=O)(CCN1C=CSC(=Cc2cc(C(C)(C)C)c(O)c(C(C)(C)C)c2)C1=O)OCC. The molecule has 1 aliphatic rings. The molecule has 0 saturated heterocycles. The fourth-order valence-electron chi connectivity index (χ4n) is 3.53. The van der Waals surface area contributed by atoms with E-state index in [9.17, 15) is 14.5 Å². The molecule has 184 valence electrons. The molecule has 1 aliphatic heterocycles. The molecule has 0 saturated carbocycles. The summed E-state index contributed by atoms with van der Waals surface area (Å²) in [6.45, 7) is 16.7. The lowest BCUT2D eigenvalue weighted by Gasteiger charge is -2.28. The molecular formula is C25H38NO5PS. The van der Waals surface area contributed by atoms with Crippen molar-refractivity contribution in [3.63, 3.8) is 0 Å². The van der Waals surface area contributed by atoms with E-state index in [1.54, 1.807) is 24.9 Å². The highest BCUT2D eigenvalue weighted by Crippen LogP contribution is 2.48. The summed E-state index contributed by atoms with van der Waals surface area (Å²) in [5, 5.41) is 12.8. The van der Waals surface area contributed by atoms with E-state index in [1.165, 1.54) is 11.8 Å². The second-order valence-corrected chi connectivity index (χ2v) is 13.2. The molecule has 33 heavy (non-hydrogen) atoms. The van der Waals surface area contributed by atoms with E-state index in [0.29, 0.717) is 10.7 Å². The molecule has 0 fully saturated rings. The van der Waals surface area contributed by atoms with E-state index in [-0.39, 0.29) is 42.7 Å². The van der Waals surface area contributed by atoms with Crippen LogP contribution in [0.25, 0.3) is 6.08 Å². The molecule has 1 heterocycles. The summed E-state index contributed by atoms with van der Waals surface area (Å²) in [6, 6.07) is 3.90. The van der Waals surface area contributed by atoms with E-state index in [1.807, 2.05) is 23.6 Å². The first kappa shape index (κ1) is 27.7. The van der Waals surface area contributed by atoms with Gasteiger partial charge >= 0.3 is 7.60 Å². The predicted molar refractivity (Wildman–Crippen MR) is 138 cm³/mol. The molecule has 1 amide bonds. The summed E-state index contributed by atoms with van der Waals surface area (Å²) in [7, 11) is -3.24. The third-order valence-electron chi connectivity index (χ3n) is 5.22. The van der Waals surface area contributed by atoms with Crippen molar-refractivity contribution in [1.82, 2.24) is 4.90 Å². The Hall–Kier alpha value is -1.53. The Morgan fingerprint density at radius 1 is 1.03 bits per heavy atom. The number of hydrogen-bond donors (Lipinski definition) is 1. The third-order valence-corrected chi connectivity index (χ3v) is 8.07. The zero-order chi connectivity index (χ0) is 25.0. The summed E-state index contributed by atoms with van der Waals surface area (Å²) in [5.74, 6) is 0.147. The summed E-state index contributed by atoms with van der Waals surface area (Å²) >= 11 is 1.35. The first-order valence-corrected chi connectivity index (χ1v) is 13.9. The molecular weight excluding hydrogens is 457 g/mol. The van der Waals surface area contributed by atoms with Gasteiger partial charge in [0.1, 0.15) is 5.75 Å². The minimum Gasteiger partial charge on any atom is -0.507 e. The van der Waals surface area contributed by atoms with E-state index in [2.05, 4.69) is 41.5 Å². The van der Waals surface area contributed by atoms with Crippen LogP contribution in [0.1, 0.15) is 72.1 Å². The standard InChI is InChI=1S/C25H38NO5PS/c1-9-30-32(29,31-10-2)13-11-26-12-14-33-21(23(26)28)17-18-15-19(24(3,4)5)22(27)20(16-18)25(6,7)8/h12,14-17,27H,9-11,13H2,1-8H3. The zero-order valence-corrected chi connectivity index (χ0v) is 22.8. The minimum atomic E-state index is -3.24. The highest BCUT2D eigenvalue weighted by atomic mass is 32.2. The Labute approximate surface area is 203 Å². The van der Waals surface area contributed by atoms with Crippen LogP contribution in [0.2, 0.25) is 0 Å². The van der Waals surface area contributed by atoms with Gasteiger partial charge < -0.3 is 19.1 Å². The Balaban J connectivity index is 2.37. The molecule has 0 aliphatic carbocycles. The van der Waals surface area contributed by atoms with Crippen molar-refractivity contribution in [2.24, 2.45) is 0 Å². The summed E-state index contributed by atoms with van der Waals surface area (Å²) in [5.41, 5.74) is 2.04. The first-order chi connectivity index (χ1) is 15.2. The van der Waals surface area contributed by atoms with Gasteiger partial charge in [-0.2, -0.15) is 0 Å². The quantitative estimate of drug-likeness (QED) is 0.322. The number of amides is 1. The van der Waals surface area contributed by atoms with Crippen molar-refractivity contribution in [2.75, 3.05) is 25.9 Å². The predicted octanol–water partition coefficient (Wildman–Crippen LogP) is 6.64. The number of benzene rings is 1. The number of thioether (sulfide) groups is 1. The molecule has 0 atom stereocenters. The second-order valence-electron chi connectivity index (χ2n) is 10.0. The minimum absolute atomic E-state index is 0.129. The first-order valence-electron chi connectivity index (χ1n) is 11.3. The monoisotopic (exact) mass is 495 g/mol. The lowest BCUT2D eigenvalue weighted by molar-refractivity contribution is -0.123. The van der Waals surface area contributed by atoms with Crippen LogP contribution in [0.4, 0.5) is 0 Å². The van der Waals surface area contributed by atoms with Crippen LogP contribution in [0.15, 0.2) is 28.6 Å². The highest BCUT2D eigenvalue weighted by Gasteiger charge is 2.29. The van der Waals surface area contributed by atoms with Gasteiger partial charge in [0.15, 0.2) is 0 Å². The van der Waals surface area contributed by atoms with Crippen LogP contribution in [-0.2, 0) is 29.2 Å². The largest absolute Gasteiger partial charge is 0.507 e. The number of phenols is 1. The average molecular weight is 496 g/mol. The van der Waals surface area contributed by atoms with Crippen molar-refractivity contribution in [1.29, 1.82) is 0 Å². The fraction of sp³-hybridized carbons (Fsp3) is 0.560. The molecule has 2 rings (SSSR count). The van der Waals surface area contributed by atoms with Crippen molar-refractivity contribution in [3.05, 3.63) is 45.3 Å². The smallest absolute Gasteiger partial charge is 0.332 e. The number of carbonyl (C=O) groups is 1. The zero-order valence-electron chi connectivity index (χ0n) is 21.1. The molecule has 1 N–H and O–H groups in total. The number of carbonyl (C=O) groups excluding carboxylic acids is 1. The van der Waals surface area contributed by atoms with Crippen molar-refractivity contribution >= 4 is 31.3 Å². The molecule has 0 unspecified atom stereocenters. The van der Waals surface area contributed by atoms with Crippen LogP contribution < -0.4 is 0 Å². The lowest BCUT2D eigenvalue weighted by Crippen LogP contribution is -2.31. The van der Waals surface area contributed by atoms with Gasteiger partial charge in [0.05, 0.1) is 24.3 Å². The van der Waals surface area contributed by atoms with Gasteiger partial charge in [0.2, 0.25) is 0 Å². The number of aromatic hydroxyl groups is 1. The maximum Gasteiger partial charge on any atom is 0.332 e. The Morgan fingerprint density at radius 3 is 2.00 bits per heavy atom. The van der Waals surface area contributed by atoms with Gasteiger partial charge in [-0.25, -0.2) is 0 Å². The topological polar surface area (TPSA) is 76.1 Å². The maximum atomic E-state index is 13.2. The van der Waals surface area contributed by atoms with Gasteiger partial charge in [-0.05, 0) is 53.9 Å². The van der Waals surface area contributed by atoms with Gasteiger partial charge in [-0.3, -0.25) is 9.36 Å². The van der Waals surface area contributed by atoms with Crippen LogP contribution in [0.3, 0.4) is 0 Å². The lowest BCUT2D eigenvalue weighted by atomic mass is 9.78. The van der Waals surface area contributed by atoms with Gasteiger partial charge in [0.25, 0.3) is 5.91 Å². The number of hydrogen-bond acceptors (Lipinski definition) is 6. The molecule has 6 nitrogen and oxygen atoms in total. The number of rotatable bonds is 8. The summed E-state index contributed by atoms with van der Waals surface area (Å²) in [4.78, 5) is 15.3. The molecule has 0 radical (unpaired) electrons. The molecule has 1 aromatic carbocycles. The van der Waals surface area contributed by atoms with Crippen LogP contribution in [0, 0.1) is 0 Å². The van der Waals surface area contributed by atoms with Gasteiger partial charge in [-0.1, -0.05) is 53.3 Å². The summed E-state index contributed by atoms with van der Waals surface area (Å²) in [6.07, 6.45) is 3.69. The van der Waals surface area contributed by atoms with E-state index in [4.69, 9.17) is 9.05 Å². The van der Waals surface area contributed by atoms with Crippen LogP contribution >= 0.6 is 19.4 Å². The molecule has 1 aromatic rings. The Bertz CT molecular complexity index is 927.